The number of hydrogen-bond donors (Lipinski definition) is 1. The van der Waals surface area contributed by atoms with Crippen molar-refractivity contribution in [1.82, 2.24) is 14.7 Å². The number of fused-ring (bicyclic) bond motifs is 1. The van der Waals surface area contributed by atoms with E-state index >= 15 is 0 Å². The predicted molar refractivity (Wildman–Crippen MR) is 92.8 cm³/mol. The van der Waals surface area contributed by atoms with Crippen LogP contribution in [0.2, 0.25) is 0 Å². The normalized spacial score (nSPS) is 12.5. The Morgan fingerprint density at radius 3 is 2.96 bits per heavy atom. The van der Waals surface area contributed by atoms with Crippen LogP contribution in [0.3, 0.4) is 0 Å². The molecular formula is C19H22FN3O. The SMILES string of the molecule is CCNC(C)Cc1cn2cccc(OCc3cccc(F)c3)c2n1. The number of pyridine rings is 1. The number of hydrogen-bond acceptors (Lipinski definition) is 3. The Balaban J connectivity index is 1.77. The molecule has 1 unspecified atom stereocenters. The second-order valence-corrected chi connectivity index (χ2v) is 5.92. The molecule has 0 aliphatic carbocycles. The first-order valence-corrected chi connectivity index (χ1v) is 8.23. The van der Waals surface area contributed by atoms with Crippen molar-refractivity contribution < 1.29 is 9.13 Å². The topological polar surface area (TPSA) is 38.6 Å². The van der Waals surface area contributed by atoms with Gasteiger partial charge in [-0.25, -0.2) is 9.37 Å². The minimum Gasteiger partial charge on any atom is -0.485 e. The molecule has 0 fully saturated rings. The summed E-state index contributed by atoms with van der Waals surface area (Å²) in [4.78, 5) is 4.69. The fourth-order valence-corrected chi connectivity index (χ4v) is 2.77. The first-order valence-electron chi connectivity index (χ1n) is 8.23. The minimum absolute atomic E-state index is 0.255. The van der Waals surface area contributed by atoms with E-state index in [0.717, 1.165) is 29.9 Å². The van der Waals surface area contributed by atoms with Gasteiger partial charge in [0, 0.05) is 24.9 Å². The molecule has 0 saturated heterocycles. The molecular weight excluding hydrogens is 305 g/mol. The van der Waals surface area contributed by atoms with Gasteiger partial charge >= 0.3 is 0 Å². The molecule has 2 aromatic heterocycles. The molecule has 0 aliphatic rings. The maximum atomic E-state index is 13.3. The zero-order chi connectivity index (χ0) is 16.9. The van der Waals surface area contributed by atoms with E-state index in [1.807, 2.05) is 35.0 Å². The van der Waals surface area contributed by atoms with Gasteiger partial charge in [0.2, 0.25) is 0 Å². The van der Waals surface area contributed by atoms with E-state index in [4.69, 9.17) is 4.74 Å². The van der Waals surface area contributed by atoms with Gasteiger partial charge in [0.25, 0.3) is 0 Å². The maximum Gasteiger partial charge on any atom is 0.179 e. The number of imidazole rings is 1. The summed E-state index contributed by atoms with van der Waals surface area (Å²) in [6.45, 7) is 5.50. The van der Waals surface area contributed by atoms with Crippen LogP contribution >= 0.6 is 0 Å². The number of nitrogens with zero attached hydrogens (tertiary/aromatic N) is 2. The van der Waals surface area contributed by atoms with Gasteiger partial charge in [-0.15, -0.1) is 0 Å². The monoisotopic (exact) mass is 327 g/mol. The zero-order valence-electron chi connectivity index (χ0n) is 14.0. The van der Waals surface area contributed by atoms with Gasteiger partial charge in [-0.3, -0.25) is 0 Å². The summed E-state index contributed by atoms with van der Waals surface area (Å²) >= 11 is 0. The lowest BCUT2D eigenvalue weighted by Crippen LogP contribution is -2.27. The quantitative estimate of drug-likeness (QED) is 0.721. The first-order chi connectivity index (χ1) is 11.7. The lowest BCUT2D eigenvalue weighted by molar-refractivity contribution is 0.307. The third-order valence-corrected chi connectivity index (χ3v) is 3.85. The highest BCUT2D eigenvalue weighted by Crippen LogP contribution is 2.21. The molecule has 0 spiro atoms. The van der Waals surface area contributed by atoms with Crippen LogP contribution in [-0.2, 0) is 13.0 Å². The number of rotatable bonds is 7. The standard InChI is InChI=1S/C19H22FN3O/c1-3-21-14(2)10-17-12-23-9-5-8-18(19(23)22-17)24-13-15-6-4-7-16(20)11-15/h4-9,11-12,14,21H,3,10,13H2,1-2H3. The van der Waals surface area contributed by atoms with Crippen molar-refractivity contribution in [2.75, 3.05) is 6.54 Å². The molecule has 0 aliphatic heterocycles. The number of halogens is 1. The summed E-state index contributed by atoms with van der Waals surface area (Å²) in [5, 5.41) is 3.39. The van der Waals surface area contributed by atoms with Gasteiger partial charge in [0.15, 0.2) is 11.4 Å². The summed E-state index contributed by atoms with van der Waals surface area (Å²) in [6.07, 6.45) is 4.84. The number of ether oxygens (including phenoxy) is 1. The fraction of sp³-hybridized carbons (Fsp3) is 0.316. The van der Waals surface area contributed by atoms with Crippen LogP contribution in [0.4, 0.5) is 4.39 Å². The number of likely N-dealkylation sites (N-methyl/N-ethyl adjacent to an activating group) is 1. The number of nitrogens with one attached hydrogen (secondary N) is 1. The summed E-state index contributed by atoms with van der Waals surface area (Å²) < 4.78 is 21.1. The molecule has 3 aromatic rings. The Morgan fingerprint density at radius 1 is 1.29 bits per heavy atom. The van der Waals surface area contributed by atoms with Gasteiger partial charge in [0.05, 0.1) is 5.69 Å². The molecule has 5 heteroatoms. The summed E-state index contributed by atoms with van der Waals surface area (Å²) in [5.41, 5.74) is 2.60. The largest absolute Gasteiger partial charge is 0.485 e. The Labute approximate surface area is 141 Å². The van der Waals surface area contributed by atoms with Crippen LogP contribution in [0.5, 0.6) is 5.75 Å². The highest BCUT2D eigenvalue weighted by molar-refractivity contribution is 5.54. The zero-order valence-corrected chi connectivity index (χ0v) is 14.0. The van der Waals surface area contributed by atoms with Crippen molar-refractivity contribution >= 4 is 5.65 Å². The first kappa shape index (κ1) is 16.5. The molecule has 1 atom stereocenters. The third-order valence-electron chi connectivity index (χ3n) is 3.85. The van der Waals surface area contributed by atoms with Crippen molar-refractivity contribution in [1.29, 1.82) is 0 Å². The summed E-state index contributed by atoms with van der Waals surface area (Å²) in [5.74, 6) is 0.443. The van der Waals surface area contributed by atoms with E-state index < -0.39 is 0 Å². The van der Waals surface area contributed by atoms with Gasteiger partial charge in [-0.05, 0) is 43.3 Å². The molecule has 1 N–H and O–H groups in total. The smallest absolute Gasteiger partial charge is 0.179 e. The Bertz CT molecular complexity index is 815. The number of benzene rings is 1. The molecule has 0 amide bonds. The molecule has 1 aromatic carbocycles. The van der Waals surface area contributed by atoms with Crippen LogP contribution in [-0.4, -0.2) is 22.0 Å². The molecule has 3 rings (SSSR count). The fourth-order valence-electron chi connectivity index (χ4n) is 2.77. The van der Waals surface area contributed by atoms with E-state index in [2.05, 4.69) is 24.1 Å². The minimum atomic E-state index is -0.255. The van der Waals surface area contributed by atoms with E-state index in [1.165, 1.54) is 12.1 Å². The van der Waals surface area contributed by atoms with Gasteiger partial charge in [-0.1, -0.05) is 19.1 Å². The molecule has 24 heavy (non-hydrogen) atoms. The molecule has 2 heterocycles. The van der Waals surface area contributed by atoms with E-state index in [1.54, 1.807) is 6.07 Å². The van der Waals surface area contributed by atoms with E-state index in [0.29, 0.717) is 18.4 Å². The van der Waals surface area contributed by atoms with Crippen LogP contribution in [0.15, 0.2) is 48.8 Å². The summed E-state index contributed by atoms with van der Waals surface area (Å²) in [6, 6.07) is 10.6. The van der Waals surface area contributed by atoms with Crippen LogP contribution in [0.25, 0.3) is 5.65 Å². The maximum absolute atomic E-state index is 13.3. The van der Waals surface area contributed by atoms with E-state index in [-0.39, 0.29) is 5.82 Å². The van der Waals surface area contributed by atoms with Crippen molar-refractivity contribution in [3.05, 3.63) is 65.9 Å². The van der Waals surface area contributed by atoms with Gasteiger partial charge in [-0.2, -0.15) is 0 Å². The molecule has 0 saturated carbocycles. The Morgan fingerprint density at radius 2 is 2.17 bits per heavy atom. The average molecular weight is 327 g/mol. The van der Waals surface area contributed by atoms with Crippen molar-refractivity contribution in [3.8, 4) is 5.75 Å². The number of aromatic nitrogens is 2. The second-order valence-electron chi connectivity index (χ2n) is 5.92. The lowest BCUT2D eigenvalue weighted by atomic mass is 10.2. The predicted octanol–water partition coefficient (Wildman–Crippen LogP) is 3.59. The summed E-state index contributed by atoms with van der Waals surface area (Å²) in [7, 11) is 0. The van der Waals surface area contributed by atoms with Crippen molar-refractivity contribution in [2.45, 2.75) is 32.9 Å². The molecule has 126 valence electrons. The van der Waals surface area contributed by atoms with Crippen LogP contribution in [0, 0.1) is 5.82 Å². The Kier molecular flexibility index (Phi) is 5.11. The highest BCUT2D eigenvalue weighted by Gasteiger charge is 2.10. The van der Waals surface area contributed by atoms with Gasteiger partial charge < -0.3 is 14.5 Å². The second kappa shape index (κ2) is 7.45. The molecule has 0 bridgehead atoms. The highest BCUT2D eigenvalue weighted by atomic mass is 19.1. The van der Waals surface area contributed by atoms with Crippen LogP contribution in [0.1, 0.15) is 25.1 Å². The van der Waals surface area contributed by atoms with E-state index in [9.17, 15) is 4.39 Å². The third kappa shape index (κ3) is 3.92. The molecule has 0 radical (unpaired) electrons. The van der Waals surface area contributed by atoms with Gasteiger partial charge in [0.1, 0.15) is 12.4 Å². The Hall–Kier alpha value is -2.40. The van der Waals surface area contributed by atoms with Crippen molar-refractivity contribution in [2.24, 2.45) is 0 Å². The van der Waals surface area contributed by atoms with Crippen molar-refractivity contribution in [3.63, 3.8) is 0 Å². The molecule has 4 nitrogen and oxygen atoms in total. The lowest BCUT2D eigenvalue weighted by Gasteiger charge is -2.09. The average Bonchev–Trinajstić information content (AvgIpc) is 2.96. The van der Waals surface area contributed by atoms with Crippen LogP contribution < -0.4 is 10.1 Å².